The Labute approximate surface area is 165 Å². The van der Waals surface area contributed by atoms with Crippen molar-refractivity contribution in [1.29, 1.82) is 0 Å². The zero-order valence-electron chi connectivity index (χ0n) is 16.1. The molecule has 28 heavy (non-hydrogen) atoms. The minimum atomic E-state index is -0.441. The summed E-state index contributed by atoms with van der Waals surface area (Å²) in [6, 6.07) is 6.92. The van der Waals surface area contributed by atoms with Crippen LogP contribution in [0.2, 0.25) is 0 Å². The highest BCUT2D eigenvalue weighted by molar-refractivity contribution is 5.92. The highest BCUT2D eigenvalue weighted by Gasteiger charge is 2.13. The summed E-state index contributed by atoms with van der Waals surface area (Å²) >= 11 is 0. The zero-order chi connectivity index (χ0) is 20.6. The van der Waals surface area contributed by atoms with Crippen LogP contribution in [0.5, 0.6) is 5.75 Å². The van der Waals surface area contributed by atoms with Gasteiger partial charge in [-0.25, -0.2) is 4.79 Å². The van der Waals surface area contributed by atoms with Crippen molar-refractivity contribution in [3.8, 4) is 5.75 Å². The normalized spacial score (nSPS) is 9.86. The summed E-state index contributed by atoms with van der Waals surface area (Å²) < 4.78 is 11.0. The molecule has 0 saturated carbocycles. The standard InChI is InChI=1S/C21H28N2O5/c1-3-19(24)22-13-7-9-15-27-18-12-6-5-11-17(18)21(26)28-16-10-8-14-23-20(25)4-2/h3-6,11-12H,1-2,7-10,13-16H2,(H,22,24)(H,23,25). The van der Waals surface area contributed by atoms with Crippen molar-refractivity contribution >= 4 is 17.8 Å². The van der Waals surface area contributed by atoms with E-state index in [9.17, 15) is 14.4 Å². The second-order valence-corrected chi connectivity index (χ2v) is 5.89. The van der Waals surface area contributed by atoms with Crippen molar-refractivity contribution in [1.82, 2.24) is 10.6 Å². The third kappa shape index (κ3) is 9.56. The van der Waals surface area contributed by atoms with Crippen molar-refractivity contribution in [3.63, 3.8) is 0 Å². The molecule has 0 radical (unpaired) electrons. The Kier molecular flexibility index (Phi) is 11.5. The average Bonchev–Trinajstić information content (AvgIpc) is 2.72. The van der Waals surface area contributed by atoms with E-state index in [1.54, 1.807) is 24.3 Å². The molecule has 2 amide bonds. The number of nitrogens with one attached hydrogen (secondary N) is 2. The third-order valence-electron chi connectivity index (χ3n) is 3.71. The average molecular weight is 388 g/mol. The fourth-order valence-electron chi connectivity index (χ4n) is 2.21. The fourth-order valence-corrected chi connectivity index (χ4v) is 2.21. The Hall–Kier alpha value is -3.09. The number of rotatable bonds is 14. The molecule has 2 N–H and O–H groups in total. The van der Waals surface area contributed by atoms with Crippen LogP contribution in [0.4, 0.5) is 0 Å². The van der Waals surface area contributed by atoms with E-state index >= 15 is 0 Å². The second kappa shape index (κ2) is 14.0. The first-order chi connectivity index (χ1) is 13.6. The van der Waals surface area contributed by atoms with Gasteiger partial charge in [0.15, 0.2) is 0 Å². The molecule has 0 fully saturated rings. The van der Waals surface area contributed by atoms with Crippen LogP contribution < -0.4 is 15.4 Å². The largest absolute Gasteiger partial charge is 0.493 e. The van der Waals surface area contributed by atoms with Crippen LogP contribution in [0.15, 0.2) is 49.6 Å². The van der Waals surface area contributed by atoms with Gasteiger partial charge in [-0.3, -0.25) is 9.59 Å². The van der Waals surface area contributed by atoms with Gasteiger partial charge in [-0.05, 0) is 50.0 Å². The SMILES string of the molecule is C=CC(=O)NCCCCOC(=O)c1ccccc1OCCCCNC(=O)C=C. The van der Waals surface area contributed by atoms with Gasteiger partial charge in [0.05, 0.1) is 13.2 Å². The van der Waals surface area contributed by atoms with Crippen molar-refractivity contribution < 1.29 is 23.9 Å². The molecule has 0 atom stereocenters. The van der Waals surface area contributed by atoms with E-state index in [4.69, 9.17) is 9.47 Å². The fraction of sp³-hybridized carbons (Fsp3) is 0.381. The van der Waals surface area contributed by atoms with Gasteiger partial charge < -0.3 is 20.1 Å². The van der Waals surface area contributed by atoms with Crippen LogP contribution in [0, 0.1) is 0 Å². The van der Waals surface area contributed by atoms with E-state index in [1.807, 2.05) is 0 Å². The molecule has 0 aliphatic carbocycles. The van der Waals surface area contributed by atoms with Crippen molar-refractivity contribution in [2.45, 2.75) is 25.7 Å². The highest BCUT2D eigenvalue weighted by Crippen LogP contribution is 2.19. The molecular formula is C21H28N2O5. The van der Waals surface area contributed by atoms with E-state index in [2.05, 4.69) is 23.8 Å². The van der Waals surface area contributed by atoms with Crippen molar-refractivity contribution in [2.24, 2.45) is 0 Å². The number of ether oxygens (including phenoxy) is 2. The van der Waals surface area contributed by atoms with Crippen LogP contribution in [0.25, 0.3) is 0 Å². The monoisotopic (exact) mass is 388 g/mol. The number of para-hydroxylation sites is 1. The number of carbonyl (C=O) groups excluding carboxylic acids is 3. The first-order valence-corrected chi connectivity index (χ1v) is 9.28. The summed E-state index contributed by atoms with van der Waals surface area (Å²) in [5.74, 6) is -0.381. The summed E-state index contributed by atoms with van der Waals surface area (Å²) in [5.41, 5.74) is 0.377. The Balaban J connectivity index is 2.30. The first-order valence-electron chi connectivity index (χ1n) is 9.28. The maximum atomic E-state index is 12.3. The minimum Gasteiger partial charge on any atom is -0.493 e. The van der Waals surface area contributed by atoms with Crippen LogP contribution >= 0.6 is 0 Å². The highest BCUT2D eigenvalue weighted by atomic mass is 16.5. The quantitative estimate of drug-likeness (QED) is 0.290. The van der Waals surface area contributed by atoms with Gasteiger partial charge >= 0.3 is 5.97 Å². The van der Waals surface area contributed by atoms with Crippen LogP contribution in [0.3, 0.4) is 0 Å². The topological polar surface area (TPSA) is 93.7 Å². The number of hydrogen-bond acceptors (Lipinski definition) is 5. The van der Waals surface area contributed by atoms with Crippen LogP contribution in [-0.4, -0.2) is 44.1 Å². The van der Waals surface area contributed by atoms with Crippen molar-refractivity contribution in [2.75, 3.05) is 26.3 Å². The molecule has 0 aliphatic heterocycles. The number of hydrogen-bond donors (Lipinski definition) is 2. The summed E-state index contributed by atoms with van der Waals surface area (Å²) in [5, 5.41) is 5.36. The number of unbranched alkanes of at least 4 members (excludes halogenated alkanes) is 2. The molecule has 0 saturated heterocycles. The Morgan fingerprint density at radius 3 is 2.04 bits per heavy atom. The molecule has 1 rings (SSSR count). The lowest BCUT2D eigenvalue weighted by Gasteiger charge is -2.11. The third-order valence-corrected chi connectivity index (χ3v) is 3.71. The van der Waals surface area contributed by atoms with Gasteiger partial charge in [0, 0.05) is 13.1 Å². The van der Waals surface area contributed by atoms with Gasteiger partial charge in [0.1, 0.15) is 11.3 Å². The lowest BCUT2D eigenvalue weighted by atomic mass is 10.2. The molecule has 0 bridgehead atoms. The second-order valence-electron chi connectivity index (χ2n) is 5.89. The first kappa shape index (κ1) is 23.0. The molecular weight excluding hydrogens is 360 g/mol. The molecule has 0 aromatic heterocycles. The number of benzene rings is 1. The molecule has 152 valence electrons. The molecule has 1 aromatic carbocycles. The number of esters is 1. The smallest absolute Gasteiger partial charge is 0.341 e. The lowest BCUT2D eigenvalue weighted by Crippen LogP contribution is -2.22. The van der Waals surface area contributed by atoms with Crippen LogP contribution in [-0.2, 0) is 14.3 Å². The lowest BCUT2D eigenvalue weighted by molar-refractivity contribution is -0.117. The number of carbonyl (C=O) groups is 3. The van der Waals surface area contributed by atoms with Gasteiger partial charge in [0.25, 0.3) is 0 Å². The van der Waals surface area contributed by atoms with E-state index < -0.39 is 5.97 Å². The Morgan fingerprint density at radius 2 is 1.43 bits per heavy atom. The maximum absolute atomic E-state index is 12.3. The van der Waals surface area contributed by atoms with Gasteiger partial charge in [-0.1, -0.05) is 25.3 Å². The van der Waals surface area contributed by atoms with E-state index in [0.717, 1.165) is 12.8 Å². The summed E-state index contributed by atoms with van der Waals surface area (Å²) in [6.45, 7) is 8.51. The predicted molar refractivity (Wildman–Crippen MR) is 107 cm³/mol. The minimum absolute atomic E-state index is 0.197. The molecule has 1 aromatic rings. The van der Waals surface area contributed by atoms with E-state index in [0.29, 0.717) is 43.9 Å². The predicted octanol–water partition coefficient (Wildman–Crippen LogP) is 2.39. The molecule has 0 heterocycles. The van der Waals surface area contributed by atoms with Gasteiger partial charge in [-0.2, -0.15) is 0 Å². The summed E-state index contributed by atoms with van der Waals surface area (Å²) in [7, 11) is 0. The molecule has 7 heteroatoms. The van der Waals surface area contributed by atoms with E-state index in [1.165, 1.54) is 12.2 Å². The molecule has 0 spiro atoms. The summed E-state index contributed by atoms with van der Waals surface area (Å²) in [6.07, 6.45) is 5.28. The maximum Gasteiger partial charge on any atom is 0.341 e. The van der Waals surface area contributed by atoms with Crippen molar-refractivity contribution in [3.05, 3.63) is 55.1 Å². The number of amides is 2. The molecule has 7 nitrogen and oxygen atoms in total. The van der Waals surface area contributed by atoms with Gasteiger partial charge in [0.2, 0.25) is 11.8 Å². The van der Waals surface area contributed by atoms with E-state index in [-0.39, 0.29) is 18.4 Å². The zero-order valence-corrected chi connectivity index (χ0v) is 16.1. The van der Waals surface area contributed by atoms with Gasteiger partial charge in [-0.15, -0.1) is 0 Å². The molecule has 0 unspecified atom stereocenters. The molecule has 0 aliphatic rings. The Bertz CT molecular complexity index is 673. The summed E-state index contributed by atoms with van der Waals surface area (Å²) in [4.78, 5) is 34.3. The Morgan fingerprint density at radius 1 is 0.857 bits per heavy atom. The van der Waals surface area contributed by atoms with Crippen LogP contribution in [0.1, 0.15) is 36.0 Å².